The molecule has 0 bridgehead atoms. The molecule has 1 unspecified atom stereocenters. The number of anilines is 1. The number of Topliss-reactive ketones (excluding diaryl/α,β-unsaturated/α-hetero) is 2. The summed E-state index contributed by atoms with van der Waals surface area (Å²) >= 11 is 0. The highest BCUT2D eigenvalue weighted by molar-refractivity contribution is 6.04. The molecule has 1 atom stereocenters. The number of nitrogens with zero attached hydrogens (tertiary/aromatic N) is 3. The van der Waals surface area contributed by atoms with Crippen molar-refractivity contribution in [3.63, 3.8) is 0 Å². The fourth-order valence-corrected chi connectivity index (χ4v) is 3.95. The molecule has 0 N–H and O–H groups in total. The molecule has 3 amide bonds. The molecule has 0 saturated carbocycles. The largest absolute Gasteiger partial charge is 0.368 e. The minimum atomic E-state index is -0.961. The van der Waals surface area contributed by atoms with Crippen LogP contribution in [0.25, 0.3) is 0 Å². The van der Waals surface area contributed by atoms with Crippen LogP contribution in [0, 0.1) is 6.92 Å². The van der Waals surface area contributed by atoms with Gasteiger partial charge in [0.25, 0.3) is 5.91 Å². The first-order valence-corrected chi connectivity index (χ1v) is 13.0. The lowest BCUT2D eigenvalue weighted by atomic mass is 10.0. The van der Waals surface area contributed by atoms with Crippen LogP contribution in [0.1, 0.15) is 89.1 Å². The number of rotatable bonds is 11. The highest BCUT2D eigenvalue weighted by Crippen LogP contribution is 2.23. The van der Waals surface area contributed by atoms with Crippen molar-refractivity contribution in [3.05, 3.63) is 29.3 Å². The van der Waals surface area contributed by atoms with E-state index in [1.54, 1.807) is 13.0 Å². The topological polar surface area (TPSA) is 95.1 Å². The summed E-state index contributed by atoms with van der Waals surface area (Å²) in [5, 5.41) is 0. The lowest BCUT2D eigenvalue weighted by molar-refractivity contribution is -0.131. The normalized spacial score (nSPS) is 13.8. The summed E-state index contributed by atoms with van der Waals surface area (Å²) in [6.07, 6.45) is 4.65. The summed E-state index contributed by atoms with van der Waals surface area (Å²) < 4.78 is 0. The van der Waals surface area contributed by atoms with Gasteiger partial charge in [0.05, 0.1) is 6.04 Å². The highest BCUT2D eigenvalue weighted by atomic mass is 16.2. The van der Waals surface area contributed by atoms with Crippen LogP contribution in [0.5, 0.6) is 0 Å². The summed E-state index contributed by atoms with van der Waals surface area (Å²) in [5.74, 6) is -0.811. The number of carbonyl (C=O) groups excluding carboxylic acids is 5. The lowest BCUT2D eigenvalue weighted by Crippen LogP contribution is -2.48. The maximum atomic E-state index is 13.1. The number of hydrogen-bond donors (Lipinski definition) is 0. The Morgan fingerprint density at radius 2 is 1.56 bits per heavy atom. The van der Waals surface area contributed by atoms with E-state index in [4.69, 9.17) is 0 Å². The molecule has 0 aromatic heterocycles. The van der Waals surface area contributed by atoms with Crippen LogP contribution in [0.15, 0.2) is 18.2 Å². The highest BCUT2D eigenvalue weighted by Gasteiger charge is 2.29. The Morgan fingerprint density at radius 3 is 2.00 bits per heavy atom. The van der Waals surface area contributed by atoms with E-state index in [1.165, 1.54) is 26.7 Å². The smallest absolute Gasteiger partial charge is 0.261 e. The standard InChI is InChI=1S/C24H33N3O5.C4H10/c1-5-6-23(31)26-13-11-25(12-14-26)20-8-9-21(17(2)15-20)24(32)27(16-28)22(19(4)30)10-7-18(3)29;1-3-4-2/h8-9,15-16,22H,5-7,10-14H2,1-4H3;3-4H2,1-2H3. The molecule has 36 heavy (non-hydrogen) atoms. The number of aryl methyl sites for hydroxylation is 1. The number of carbonyl (C=O) groups is 5. The molecule has 1 aliphatic rings. The maximum Gasteiger partial charge on any atom is 0.261 e. The van der Waals surface area contributed by atoms with Gasteiger partial charge in [0, 0.05) is 50.3 Å². The molecule has 0 aliphatic carbocycles. The predicted octanol–water partition coefficient (Wildman–Crippen LogP) is 4.18. The van der Waals surface area contributed by atoms with Crippen molar-refractivity contribution in [3.8, 4) is 0 Å². The summed E-state index contributed by atoms with van der Waals surface area (Å²) in [6, 6.07) is 4.42. The van der Waals surface area contributed by atoms with Gasteiger partial charge >= 0.3 is 0 Å². The van der Waals surface area contributed by atoms with E-state index in [-0.39, 0.29) is 30.3 Å². The first-order valence-electron chi connectivity index (χ1n) is 13.0. The van der Waals surface area contributed by atoms with Crippen molar-refractivity contribution in [2.75, 3.05) is 31.1 Å². The molecular formula is C28H43N3O5. The third kappa shape index (κ3) is 9.21. The van der Waals surface area contributed by atoms with Crippen LogP contribution in [0.4, 0.5) is 5.69 Å². The number of amides is 3. The molecule has 1 heterocycles. The predicted molar refractivity (Wildman–Crippen MR) is 142 cm³/mol. The SMILES string of the molecule is CCCC.CCCC(=O)N1CCN(c2ccc(C(=O)N(C=O)C(CCC(C)=O)C(C)=O)c(C)c2)CC1. The number of ketones is 2. The Labute approximate surface area is 216 Å². The van der Waals surface area contributed by atoms with Crippen molar-refractivity contribution in [2.45, 2.75) is 86.1 Å². The maximum absolute atomic E-state index is 13.1. The average Bonchev–Trinajstić information content (AvgIpc) is 2.86. The summed E-state index contributed by atoms with van der Waals surface area (Å²) in [4.78, 5) is 65.2. The Hall–Kier alpha value is -3.03. The van der Waals surface area contributed by atoms with Crippen LogP contribution in [-0.2, 0) is 19.2 Å². The van der Waals surface area contributed by atoms with E-state index in [1.807, 2.05) is 24.0 Å². The Kier molecular flexibility index (Phi) is 13.7. The Morgan fingerprint density at radius 1 is 0.944 bits per heavy atom. The number of imide groups is 1. The second-order valence-electron chi connectivity index (χ2n) is 9.30. The molecule has 1 aromatic rings. The fourth-order valence-electron chi connectivity index (χ4n) is 3.95. The summed E-state index contributed by atoms with van der Waals surface area (Å²) in [7, 11) is 0. The number of hydrogen-bond acceptors (Lipinski definition) is 6. The van der Waals surface area contributed by atoms with Crippen LogP contribution in [0.3, 0.4) is 0 Å². The van der Waals surface area contributed by atoms with Crippen LogP contribution in [0.2, 0.25) is 0 Å². The van der Waals surface area contributed by atoms with E-state index in [2.05, 4.69) is 18.7 Å². The van der Waals surface area contributed by atoms with Crippen LogP contribution >= 0.6 is 0 Å². The molecule has 0 radical (unpaired) electrons. The molecule has 200 valence electrons. The molecule has 1 fully saturated rings. The van der Waals surface area contributed by atoms with Gasteiger partial charge in [-0.25, -0.2) is 0 Å². The first kappa shape index (κ1) is 31.0. The molecule has 1 aliphatic heterocycles. The van der Waals surface area contributed by atoms with Gasteiger partial charge in [-0.3, -0.25) is 24.1 Å². The van der Waals surface area contributed by atoms with Gasteiger partial charge in [-0.05, 0) is 57.4 Å². The van der Waals surface area contributed by atoms with E-state index in [0.29, 0.717) is 50.1 Å². The Balaban J connectivity index is 0.00000150. The van der Waals surface area contributed by atoms with Crippen molar-refractivity contribution in [1.29, 1.82) is 0 Å². The lowest BCUT2D eigenvalue weighted by Gasteiger charge is -2.36. The van der Waals surface area contributed by atoms with Gasteiger partial charge in [0.2, 0.25) is 12.3 Å². The zero-order valence-electron chi connectivity index (χ0n) is 22.8. The van der Waals surface area contributed by atoms with Gasteiger partial charge in [0.15, 0.2) is 5.78 Å². The number of unbranched alkanes of at least 4 members (excludes halogenated alkanes) is 1. The summed E-state index contributed by atoms with van der Waals surface area (Å²) in [5.41, 5.74) is 1.98. The van der Waals surface area contributed by atoms with Gasteiger partial charge in [-0.2, -0.15) is 0 Å². The average molecular weight is 502 g/mol. The minimum Gasteiger partial charge on any atom is -0.368 e. The molecule has 1 saturated heterocycles. The van der Waals surface area contributed by atoms with E-state index in [0.717, 1.165) is 17.0 Å². The van der Waals surface area contributed by atoms with Crippen molar-refractivity contribution < 1.29 is 24.0 Å². The molecule has 2 rings (SSSR count). The quantitative estimate of drug-likeness (QED) is 0.422. The van der Waals surface area contributed by atoms with Crippen molar-refractivity contribution in [2.24, 2.45) is 0 Å². The number of benzene rings is 1. The Bertz CT molecular complexity index is 904. The van der Waals surface area contributed by atoms with E-state index < -0.39 is 11.9 Å². The fraction of sp³-hybridized carbons (Fsp3) is 0.607. The summed E-state index contributed by atoms with van der Waals surface area (Å²) in [6.45, 7) is 13.6. The second-order valence-corrected chi connectivity index (χ2v) is 9.30. The minimum absolute atomic E-state index is 0.105. The van der Waals surface area contributed by atoms with Crippen LogP contribution < -0.4 is 4.90 Å². The van der Waals surface area contributed by atoms with E-state index >= 15 is 0 Å². The molecule has 0 spiro atoms. The van der Waals surface area contributed by atoms with Gasteiger partial charge < -0.3 is 14.6 Å². The molecule has 8 nitrogen and oxygen atoms in total. The van der Waals surface area contributed by atoms with Crippen molar-refractivity contribution in [1.82, 2.24) is 9.80 Å². The number of piperazine rings is 1. The zero-order valence-corrected chi connectivity index (χ0v) is 22.8. The van der Waals surface area contributed by atoms with E-state index in [9.17, 15) is 24.0 Å². The van der Waals surface area contributed by atoms with Crippen molar-refractivity contribution >= 4 is 35.5 Å². The van der Waals surface area contributed by atoms with Crippen LogP contribution in [-0.4, -0.2) is 71.8 Å². The first-order chi connectivity index (χ1) is 17.1. The monoisotopic (exact) mass is 501 g/mol. The second kappa shape index (κ2) is 15.9. The van der Waals surface area contributed by atoms with Gasteiger partial charge in [0.1, 0.15) is 5.78 Å². The molecular weight excluding hydrogens is 458 g/mol. The molecule has 8 heteroatoms. The molecule has 1 aromatic carbocycles. The zero-order chi connectivity index (χ0) is 27.3. The van der Waals surface area contributed by atoms with Gasteiger partial charge in [-0.15, -0.1) is 0 Å². The third-order valence-corrected chi connectivity index (χ3v) is 6.32. The van der Waals surface area contributed by atoms with Gasteiger partial charge in [-0.1, -0.05) is 33.6 Å². The third-order valence-electron chi connectivity index (χ3n) is 6.32.